The molecule has 0 amide bonds. The summed E-state index contributed by atoms with van der Waals surface area (Å²) >= 11 is 0. The third-order valence-corrected chi connectivity index (χ3v) is 3.64. The van der Waals surface area contributed by atoms with Gasteiger partial charge in [0.1, 0.15) is 0 Å². The van der Waals surface area contributed by atoms with Gasteiger partial charge in [0.2, 0.25) is 0 Å². The summed E-state index contributed by atoms with van der Waals surface area (Å²) in [5, 5.41) is 19.1. The molecule has 0 aliphatic rings. The largest absolute Gasteiger partial charge is 0.478 e. The minimum atomic E-state index is -0.927. The first kappa shape index (κ1) is 14.6. The minimum Gasteiger partial charge on any atom is -0.478 e. The second-order valence-corrected chi connectivity index (χ2v) is 4.87. The molecule has 5 nitrogen and oxygen atoms in total. The minimum absolute atomic E-state index is 0.127. The Bertz CT molecular complexity index is 632. The molecule has 0 fully saturated rings. The van der Waals surface area contributed by atoms with Crippen LogP contribution in [0, 0.1) is 6.92 Å². The number of hydrogen-bond donors (Lipinski definition) is 3. The number of nitrogens with zero attached hydrogens (tertiary/aromatic N) is 1. The van der Waals surface area contributed by atoms with E-state index in [2.05, 4.69) is 4.57 Å². The Morgan fingerprint density at radius 3 is 2.75 bits per heavy atom. The summed E-state index contributed by atoms with van der Waals surface area (Å²) < 4.78 is 2.12. The number of aryl methyl sites for hydroxylation is 1. The summed E-state index contributed by atoms with van der Waals surface area (Å²) in [5.41, 5.74) is 9.14. The predicted octanol–water partition coefficient (Wildman–Crippen LogP) is 1.53. The van der Waals surface area contributed by atoms with Gasteiger partial charge in [0, 0.05) is 36.3 Å². The molecular formula is C15H20N2O3. The third kappa shape index (κ3) is 2.55. The average Bonchev–Trinajstić information content (AvgIpc) is 2.69. The lowest BCUT2D eigenvalue weighted by Gasteiger charge is -2.06. The van der Waals surface area contributed by atoms with E-state index in [0.29, 0.717) is 19.5 Å². The van der Waals surface area contributed by atoms with Gasteiger partial charge in [-0.25, -0.2) is 4.79 Å². The Morgan fingerprint density at radius 2 is 2.15 bits per heavy atom. The van der Waals surface area contributed by atoms with E-state index < -0.39 is 5.97 Å². The molecule has 0 saturated heterocycles. The van der Waals surface area contributed by atoms with E-state index in [0.717, 1.165) is 28.6 Å². The van der Waals surface area contributed by atoms with E-state index in [9.17, 15) is 4.79 Å². The molecule has 2 aromatic rings. The maximum absolute atomic E-state index is 11.1. The van der Waals surface area contributed by atoms with Crippen molar-refractivity contribution in [3.05, 3.63) is 35.0 Å². The lowest BCUT2D eigenvalue weighted by Crippen LogP contribution is -2.11. The van der Waals surface area contributed by atoms with E-state index in [1.165, 1.54) is 0 Å². The number of rotatable bonds is 6. The van der Waals surface area contributed by atoms with Gasteiger partial charge in [-0.3, -0.25) is 0 Å². The highest BCUT2D eigenvalue weighted by atomic mass is 16.4. The van der Waals surface area contributed by atoms with Crippen molar-refractivity contribution >= 4 is 16.9 Å². The Balaban J connectivity index is 2.63. The Hall–Kier alpha value is -1.85. The molecule has 0 radical (unpaired) electrons. The lowest BCUT2D eigenvalue weighted by atomic mass is 10.0. The van der Waals surface area contributed by atoms with Gasteiger partial charge in [-0.15, -0.1) is 0 Å². The number of benzene rings is 1. The van der Waals surface area contributed by atoms with Gasteiger partial charge in [0.25, 0.3) is 0 Å². The predicted molar refractivity (Wildman–Crippen MR) is 78.1 cm³/mol. The molecule has 0 spiro atoms. The van der Waals surface area contributed by atoms with Crippen LogP contribution in [0.15, 0.2) is 18.2 Å². The fourth-order valence-corrected chi connectivity index (χ4v) is 2.67. The third-order valence-electron chi connectivity index (χ3n) is 3.64. The average molecular weight is 276 g/mol. The Labute approximate surface area is 117 Å². The van der Waals surface area contributed by atoms with Crippen LogP contribution < -0.4 is 5.73 Å². The molecule has 20 heavy (non-hydrogen) atoms. The molecule has 4 N–H and O–H groups in total. The molecule has 0 saturated carbocycles. The number of aromatic carboxylic acids is 1. The molecule has 1 heterocycles. The zero-order valence-electron chi connectivity index (χ0n) is 11.6. The quantitative estimate of drug-likeness (QED) is 0.746. The summed E-state index contributed by atoms with van der Waals surface area (Å²) in [6, 6.07) is 5.17. The van der Waals surface area contributed by atoms with E-state index in [1.54, 1.807) is 12.1 Å². The summed E-state index contributed by atoms with van der Waals surface area (Å²) in [6.45, 7) is 3.38. The fraction of sp³-hybridized carbons (Fsp3) is 0.400. The van der Waals surface area contributed by atoms with Crippen LogP contribution >= 0.6 is 0 Å². The number of aliphatic hydroxyl groups excluding tert-OH is 1. The molecule has 0 bridgehead atoms. The van der Waals surface area contributed by atoms with Crippen molar-refractivity contribution in [1.29, 1.82) is 0 Å². The number of carboxylic acids is 1. The van der Waals surface area contributed by atoms with Gasteiger partial charge in [-0.2, -0.15) is 0 Å². The van der Waals surface area contributed by atoms with Gasteiger partial charge >= 0.3 is 5.97 Å². The molecule has 108 valence electrons. The number of carboxylic acid groups (broad SMARTS) is 1. The summed E-state index contributed by atoms with van der Waals surface area (Å²) in [6.07, 6.45) is 1.40. The summed E-state index contributed by atoms with van der Waals surface area (Å²) in [7, 11) is 0. The maximum atomic E-state index is 11.1. The number of hydrogen-bond acceptors (Lipinski definition) is 3. The normalized spacial score (nSPS) is 11.2. The number of fused-ring (bicyclic) bond motifs is 1. The first-order valence-corrected chi connectivity index (χ1v) is 6.76. The van der Waals surface area contributed by atoms with Crippen LogP contribution in [0.3, 0.4) is 0 Å². The van der Waals surface area contributed by atoms with Crippen molar-refractivity contribution in [2.45, 2.75) is 26.3 Å². The van der Waals surface area contributed by atoms with Crippen molar-refractivity contribution < 1.29 is 15.0 Å². The molecule has 1 aromatic heterocycles. The molecule has 5 heteroatoms. The van der Waals surface area contributed by atoms with Crippen molar-refractivity contribution in [3.8, 4) is 0 Å². The van der Waals surface area contributed by atoms with Crippen LogP contribution in [-0.2, 0) is 13.0 Å². The van der Waals surface area contributed by atoms with E-state index >= 15 is 0 Å². The van der Waals surface area contributed by atoms with E-state index in [1.807, 2.05) is 13.0 Å². The first-order valence-electron chi connectivity index (χ1n) is 6.76. The van der Waals surface area contributed by atoms with E-state index in [-0.39, 0.29) is 12.2 Å². The van der Waals surface area contributed by atoms with Gasteiger partial charge < -0.3 is 20.5 Å². The van der Waals surface area contributed by atoms with Gasteiger partial charge in [0.05, 0.1) is 5.56 Å². The van der Waals surface area contributed by atoms with Crippen LogP contribution in [-0.4, -0.2) is 33.9 Å². The standard InChI is InChI=1S/C15H20N2O3/c1-10-12(3-2-8-18)13-9-11(15(19)20)4-5-14(13)17(10)7-6-16/h4-5,9,18H,2-3,6-8,16H2,1H3,(H,19,20). The van der Waals surface area contributed by atoms with Crippen molar-refractivity contribution in [2.24, 2.45) is 5.73 Å². The van der Waals surface area contributed by atoms with Crippen LogP contribution in [0.2, 0.25) is 0 Å². The molecule has 0 aliphatic heterocycles. The SMILES string of the molecule is Cc1c(CCCO)c2cc(C(=O)O)ccc2n1CCN. The van der Waals surface area contributed by atoms with Crippen LogP contribution in [0.1, 0.15) is 28.0 Å². The smallest absolute Gasteiger partial charge is 0.335 e. The molecule has 1 aromatic carbocycles. The van der Waals surface area contributed by atoms with Gasteiger partial charge in [0.15, 0.2) is 0 Å². The van der Waals surface area contributed by atoms with Crippen molar-refractivity contribution in [1.82, 2.24) is 4.57 Å². The molecular weight excluding hydrogens is 256 g/mol. The number of aromatic nitrogens is 1. The highest BCUT2D eigenvalue weighted by Gasteiger charge is 2.15. The summed E-state index contributed by atoms with van der Waals surface area (Å²) in [4.78, 5) is 11.1. The first-order chi connectivity index (χ1) is 9.60. The van der Waals surface area contributed by atoms with Crippen LogP contribution in [0.5, 0.6) is 0 Å². The van der Waals surface area contributed by atoms with Crippen molar-refractivity contribution in [3.63, 3.8) is 0 Å². The van der Waals surface area contributed by atoms with E-state index in [4.69, 9.17) is 15.9 Å². The molecule has 0 unspecified atom stereocenters. The number of carbonyl (C=O) groups is 1. The van der Waals surface area contributed by atoms with Crippen LogP contribution in [0.25, 0.3) is 10.9 Å². The number of aliphatic hydroxyl groups is 1. The zero-order valence-corrected chi connectivity index (χ0v) is 11.6. The maximum Gasteiger partial charge on any atom is 0.335 e. The van der Waals surface area contributed by atoms with Gasteiger partial charge in [-0.1, -0.05) is 0 Å². The number of nitrogens with two attached hydrogens (primary N) is 1. The van der Waals surface area contributed by atoms with Crippen molar-refractivity contribution in [2.75, 3.05) is 13.2 Å². The molecule has 0 aliphatic carbocycles. The second-order valence-electron chi connectivity index (χ2n) is 4.87. The lowest BCUT2D eigenvalue weighted by molar-refractivity contribution is 0.0697. The molecule has 0 atom stereocenters. The van der Waals surface area contributed by atoms with Crippen LogP contribution in [0.4, 0.5) is 0 Å². The summed E-state index contributed by atoms with van der Waals surface area (Å²) in [5.74, 6) is -0.927. The Morgan fingerprint density at radius 1 is 1.40 bits per heavy atom. The second kappa shape index (κ2) is 6.07. The van der Waals surface area contributed by atoms with Gasteiger partial charge in [-0.05, 0) is 43.5 Å². The monoisotopic (exact) mass is 276 g/mol. The topological polar surface area (TPSA) is 88.5 Å². The highest BCUT2D eigenvalue weighted by Crippen LogP contribution is 2.28. The molecule has 2 rings (SSSR count). The zero-order chi connectivity index (χ0) is 14.7. The Kier molecular flexibility index (Phi) is 4.42. The highest BCUT2D eigenvalue weighted by molar-refractivity contribution is 5.95. The fourth-order valence-electron chi connectivity index (χ4n) is 2.67.